The van der Waals surface area contributed by atoms with Gasteiger partial charge in [0.15, 0.2) is 0 Å². The summed E-state index contributed by atoms with van der Waals surface area (Å²) in [4.78, 5) is 2.31. The molecule has 0 aromatic heterocycles. The monoisotopic (exact) mass is 153 g/mol. The molecule has 0 radical (unpaired) electrons. The zero-order valence-corrected chi connectivity index (χ0v) is 7.93. The zero-order chi connectivity index (χ0) is 8.69. The molecule has 11 heavy (non-hydrogen) atoms. The molecular formula is C10H19N. The molecule has 0 atom stereocenters. The highest BCUT2D eigenvalue weighted by atomic mass is 15.1. The Morgan fingerprint density at radius 1 is 1.55 bits per heavy atom. The van der Waals surface area contributed by atoms with Gasteiger partial charge in [0, 0.05) is 6.54 Å². The first-order valence-electron chi connectivity index (χ1n) is 4.17. The van der Waals surface area contributed by atoms with E-state index in [0.29, 0.717) is 0 Å². The fourth-order valence-corrected chi connectivity index (χ4v) is 1.14. The lowest BCUT2D eigenvalue weighted by atomic mass is 10.2. The van der Waals surface area contributed by atoms with Gasteiger partial charge in [-0.2, -0.15) is 0 Å². The van der Waals surface area contributed by atoms with Crippen molar-refractivity contribution in [2.75, 3.05) is 20.1 Å². The van der Waals surface area contributed by atoms with Crippen LogP contribution in [0.4, 0.5) is 0 Å². The number of allylic oxidation sites excluding steroid dienone is 2. The molecule has 0 aromatic rings. The minimum absolute atomic E-state index is 1.06. The molecule has 0 aliphatic heterocycles. The molecule has 0 saturated carbocycles. The van der Waals surface area contributed by atoms with Gasteiger partial charge in [-0.15, -0.1) is 0 Å². The Labute approximate surface area is 70.4 Å². The maximum Gasteiger partial charge on any atom is 0.0190 e. The summed E-state index contributed by atoms with van der Waals surface area (Å²) < 4.78 is 0. The maximum absolute atomic E-state index is 3.66. The average Bonchev–Trinajstić information content (AvgIpc) is 1.87. The van der Waals surface area contributed by atoms with Crippen LogP contribution in [0.1, 0.15) is 20.3 Å². The largest absolute Gasteiger partial charge is 0.302 e. The summed E-state index contributed by atoms with van der Waals surface area (Å²) in [7, 11) is 2.14. The smallest absolute Gasteiger partial charge is 0.0190 e. The lowest BCUT2D eigenvalue weighted by Crippen LogP contribution is -2.20. The summed E-state index contributed by atoms with van der Waals surface area (Å²) in [5.74, 6) is 0. The number of nitrogens with zero attached hydrogens (tertiary/aromatic N) is 1. The fourth-order valence-electron chi connectivity index (χ4n) is 1.14. The molecular weight excluding hydrogens is 134 g/mol. The van der Waals surface area contributed by atoms with E-state index in [1.54, 1.807) is 0 Å². The van der Waals surface area contributed by atoms with E-state index < -0.39 is 0 Å². The third kappa shape index (κ3) is 5.86. The Bertz CT molecular complexity index is 136. The summed E-state index contributed by atoms with van der Waals surface area (Å²) in [6.07, 6.45) is 5.12. The van der Waals surface area contributed by atoms with Gasteiger partial charge in [0.25, 0.3) is 0 Å². The highest BCUT2D eigenvalue weighted by Crippen LogP contribution is 1.96. The van der Waals surface area contributed by atoms with Crippen molar-refractivity contribution in [2.45, 2.75) is 20.3 Å². The molecule has 1 nitrogen and oxygen atoms in total. The number of likely N-dealkylation sites (N-methyl/N-ethyl adjacent to an activating group) is 1. The van der Waals surface area contributed by atoms with E-state index in [0.717, 1.165) is 6.54 Å². The van der Waals surface area contributed by atoms with E-state index in [2.05, 4.69) is 38.5 Å². The Morgan fingerprint density at radius 2 is 2.18 bits per heavy atom. The predicted octanol–water partition coefficient (Wildman–Crippen LogP) is 2.46. The topological polar surface area (TPSA) is 3.24 Å². The molecule has 0 aliphatic carbocycles. The number of rotatable bonds is 5. The Hall–Kier alpha value is -0.560. The first kappa shape index (κ1) is 10.4. The van der Waals surface area contributed by atoms with Crippen molar-refractivity contribution in [3.63, 3.8) is 0 Å². The van der Waals surface area contributed by atoms with Gasteiger partial charge in [0.1, 0.15) is 0 Å². The number of hydrogen-bond donors (Lipinski definition) is 0. The zero-order valence-electron chi connectivity index (χ0n) is 7.93. The molecule has 0 fully saturated rings. The lowest BCUT2D eigenvalue weighted by molar-refractivity contribution is 0.363. The van der Waals surface area contributed by atoms with Crippen LogP contribution in [0.2, 0.25) is 0 Å². The van der Waals surface area contributed by atoms with E-state index in [9.17, 15) is 0 Å². The van der Waals surface area contributed by atoms with Crippen LogP contribution >= 0.6 is 0 Å². The van der Waals surface area contributed by atoms with Gasteiger partial charge < -0.3 is 4.90 Å². The highest BCUT2D eigenvalue weighted by molar-refractivity contribution is 5.08. The normalized spacial score (nSPS) is 12.2. The second-order valence-corrected chi connectivity index (χ2v) is 2.99. The van der Waals surface area contributed by atoms with Gasteiger partial charge in [-0.3, -0.25) is 0 Å². The highest BCUT2D eigenvalue weighted by Gasteiger charge is 1.95. The van der Waals surface area contributed by atoms with Crippen LogP contribution in [-0.2, 0) is 0 Å². The Morgan fingerprint density at radius 3 is 2.64 bits per heavy atom. The molecule has 0 saturated heterocycles. The SMILES string of the molecule is C=CC=C(C)CN(C)CCC. The summed E-state index contributed by atoms with van der Waals surface area (Å²) >= 11 is 0. The van der Waals surface area contributed by atoms with Crippen LogP contribution in [0.25, 0.3) is 0 Å². The molecule has 0 aromatic carbocycles. The second-order valence-electron chi connectivity index (χ2n) is 2.99. The standard InChI is InChI=1S/C10H19N/c1-5-7-10(3)9-11(4)8-6-2/h5,7H,1,6,8-9H2,2-4H3. The molecule has 0 heterocycles. The second kappa shape index (κ2) is 6.17. The van der Waals surface area contributed by atoms with E-state index in [1.807, 2.05) is 6.08 Å². The molecule has 0 N–H and O–H groups in total. The van der Waals surface area contributed by atoms with Crippen LogP contribution in [0.15, 0.2) is 24.3 Å². The quantitative estimate of drug-likeness (QED) is 0.548. The molecule has 1 heteroatoms. The molecule has 0 amide bonds. The van der Waals surface area contributed by atoms with Crippen LogP contribution in [0.5, 0.6) is 0 Å². The third-order valence-electron chi connectivity index (χ3n) is 1.53. The minimum Gasteiger partial charge on any atom is -0.302 e. The van der Waals surface area contributed by atoms with Gasteiger partial charge in [-0.05, 0) is 26.9 Å². The number of hydrogen-bond acceptors (Lipinski definition) is 1. The van der Waals surface area contributed by atoms with Crippen molar-refractivity contribution < 1.29 is 0 Å². The first-order valence-corrected chi connectivity index (χ1v) is 4.17. The maximum atomic E-state index is 3.66. The van der Waals surface area contributed by atoms with Crippen molar-refractivity contribution in [1.29, 1.82) is 0 Å². The van der Waals surface area contributed by atoms with Gasteiger partial charge in [-0.25, -0.2) is 0 Å². The fraction of sp³-hybridized carbons (Fsp3) is 0.600. The van der Waals surface area contributed by atoms with Gasteiger partial charge >= 0.3 is 0 Å². The summed E-state index contributed by atoms with van der Waals surface area (Å²) in [5.41, 5.74) is 1.37. The minimum atomic E-state index is 1.06. The molecule has 0 rings (SSSR count). The van der Waals surface area contributed by atoms with Crippen LogP contribution in [0.3, 0.4) is 0 Å². The Kier molecular flexibility index (Phi) is 5.86. The third-order valence-corrected chi connectivity index (χ3v) is 1.53. The molecule has 0 aliphatic rings. The first-order chi connectivity index (χ1) is 5.20. The summed E-state index contributed by atoms with van der Waals surface area (Å²) in [5, 5.41) is 0. The van der Waals surface area contributed by atoms with E-state index >= 15 is 0 Å². The predicted molar refractivity (Wildman–Crippen MR) is 51.7 cm³/mol. The van der Waals surface area contributed by atoms with E-state index in [1.165, 1.54) is 18.5 Å². The lowest BCUT2D eigenvalue weighted by Gasteiger charge is -2.15. The van der Waals surface area contributed by atoms with Crippen LogP contribution < -0.4 is 0 Å². The van der Waals surface area contributed by atoms with Crippen molar-refractivity contribution in [2.24, 2.45) is 0 Å². The summed E-state index contributed by atoms with van der Waals surface area (Å²) in [6, 6.07) is 0. The van der Waals surface area contributed by atoms with Gasteiger partial charge in [0.2, 0.25) is 0 Å². The summed E-state index contributed by atoms with van der Waals surface area (Å²) in [6.45, 7) is 10.2. The molecule has 0 bridgehead atoms. The molecule has 64 valence electrons. The van der Waals surface area contributed by atoms with Gasteiger partial charge in [-0.1, -0.05) is 31.2 Å². The van der Waals surface area contributed by atoms with Crippen LogP contribution in [-0.4, -0.2) is 25.0 Å². The molecule has 0 spiro atoms. The van der Waals surface area contributed by atoms with E-state index in [-0.39, 0.29) is 0 Å². The Balaban J connectivity index is 3.64. The molecule has 0 unspecified atom stereocenters. The van der Waals surface area contributed by atoms with Gasteiger partial charge in [0.05, 0.1) is 0 Å². The van der Waals surface area contributed by atoms with Crippen molar-refractivity contribution in [3.05, 3.63) is 24.3 Å². The van der Waals surface area contributed by atoms with Crippen molar-refractivity contribution >= 4 is 0 Å². The van der Waals surface area contributed by atoms with Crippen LogP contribution in [0, 0.1) is 0 Å². The average molecular weight is 153 g/mol. The van der Waals surface area contributed by atoms with Crippen molar-refractivity contribution in [1.82, 2.24) is 4.90 Å². The van der Waals surface area contributed by atoms with E-state index in [4.69, 9.17) is 0 Å². The van der Waals surface area contributed by atoms with Crippen molar-refractivity contribution in [3.8, 4) is 0 Å².